The van der Waals surface area contributed by atoms with E-state index in [2.05, 4.69) is 4.98 Å². The molecule has 5 nitrogen and oxygen atoms in total. The molecule has 1 aromatic heterocycles. The van der Waals surface area contributed by atoms with Crippen LogP contribution in [0.15, 0.2) is 18.2 Å². The first kappa shape index (κ1) is 14.1. The smallest absolute Gasteiger partial charge is 0.341 e. The Kier molecular flexibility index (Phi) is 3.29. The summed E-state index contributed by atoms with van der Waals surface area (Å²) >= 11 is 0. The van der Waals surface area contributed by atoms with E-state index in [0.29, 0.717) is 22.2 Å². The molecule has 0 aliphatic heterocycles. The topological polar surface area (TPSA) is 79.4 Å². The number of carbonyl (C=O) groups is 2. The number of hydrogen-bond donors (Lipinski definition) is 2. The predicted molar refractivity (Wildman–Crippen MR) is 75.2 cm³/mol. The van der Waals surface area contributed by atoms with Crippen molar-refractivity contribution in [1.29, 1.82) is 0 Å². The lowest BCUT2D eigenvalue weighted by molar-refractivity contribution is 0.00708. The van der Waals surface area contributed by atoms with Crippen molar-refractivity contribution in [3.05, 3.63) is 35.0 Å². The van der Waals surface area contributed by atoms with Crippen molar-refractivity contribution in [2.45, 2.75) is 33.3 Å². The molecule has 2 N–H and O–H groups in total. The minimum Gasteiger partial charge on any atom is -0.478 e. The predicted octanol–water partition coefficient (Wildman–Crippen LogP) is 3.13. The van der Waals surface area contributed by atoms with Crippen molar-refractivity contribution < 1.29 is 19.4 Å². The molecule has 0 radical (unpaired) electrons. The van der Waals surface area contributed by atoms with Gasteiger partial charge in [0.2, 0.25) is 0 Å². The van der Waals surface area contributed by atoms with Crippen LogP contribution in [0.3, 0.4) is 0 Å². The van der Waals surface area contributed by atoms with Crippen LogP contribution in [0.5, 0.6) is 0 Å². The monoisotopic (exact) mass is 275 g/mol. The van der Waals surface area contributed by atoms with E-state index in [1.54, 1.807) is 33.8 Å². The molecule has 1 heterocycles. The molecule has 0 fully saturated rings. The Morgan fingerprint density at radius 3 is 2.45 bits per heavy atom. The summed E-state index contributed by atoms with van der Waals surface area (Å²) in [5.74, 6) is -1.48. The van der Waals surface area contributed by atoms with Gasteiger partial charge in [-0.1, -0.05) is 0 Å². The average molecular weight is 275 g/mol. The van der Waals surface area contributed by atoms with E-state index in [4.69, 9.17) is 9.84 Å². The van der Waals surface area contributed by atoms with Gasteiger partial charge in [0.05, 0.1) is 11.1 Å². The first-order valence-electron chi connectivity index (χ1n) is 6.28. The van der Waals surface area contributed by atoms with Crippen molar-refractivity contribution in [1.82, 2.24) is 4.98 Å². The summed E-state index contributed by atoms with van der Waals surface area (Å²) in [7, 11) is 0. The molecule has 0 saturated carbocycles. The molecule has 0 spiro atoms. The van der Waals surface area contributed by atoms with Gasteiger partial charge >= 0.3 is 11.9 Å². The molecule has 0 unspecified atom stereocenters. The van der Waals surface area contributed by atoms with E-state index in [9.17, 15) is 9.59 Å². The summed E-state index contributed by atoms with van der Waals surface area (Å²) in [5.41, 5.74) is 1.31. The molecule has 2 rings (SSSR count). The maximum atomic E-state index is 12.2. The number of carboxylic acids is 1. The van der Waals surface area contributed by atoms with Crippen LogP contribution in [-0.2, 0) is 4.74 Å². The van der Waals surface area contributed by atoms with Gasteiger partial charge in [-0.15, -0.1) is 0 Å². The van der Waals surface area contributed by atoms with Gasteiger partial charge in [-0.3, -0.25) is 0 Å². The highest BCUT2D eigenvalue weighted by Gasteiger charge is 2.23. The van der Waals surface area contributed by atoms with Crippen LogP contribution in [-0.4, -0.2) is 27.6 Å². The van der Waals surface area contributed by atoms with Crippen LogP contribution < -0.4 is 0 Å². The molecule has 0 aliphatic carbocycles. The van der Waals surface area contributed by atoms with Gasteiger partial charge in [-0.25, -0.2) is 9.59 Å². The van der Waals surface area contributed by atoms with Crippen molar-refractivity contribution >= 4 is 22.8 Å². The Morgan fingerprint density at radius 2 is 1.90 bits per heavy atom. The minimum absolute atomic E-state index is 0.140. The van der Waals surface area contributed by atoms with Crippen LogP contribution >= 0.6 is 0 Å². The van der Waals surface area contributed by atoms with Gasteiger partial charge in [-0.05, 0) is 45.9 Å². The number of aromatic nitrogens is 1. The fraction of sp³-hybridized carbons (Fsp3) is 0.333. The highest BCUT2D eigenvalue weighted by atomic mass is 16.6. The maximum Gasteiger partial charge on any atom is 0.341 e. The van der Waals surface area contributed by atoms with Crippen molar-refractivity contribution in [2.24, 2.45) is 0 Å². The number of hydrogen-bond acceptors (Lipinski definition) is 3. The van der Waals surface area contributed by atoms with Gasteiger partial charge in [0.25, 0.3) is 0 Å². The van der Waals surface area contributed by atoms with Gasteiger partial charge < -0.3 is 14.8 Å². The second-order valence-corrected chi connectivity index (χ2v) is 5.69. The van der Waals surface area contributed by atoms with Gasteiger partial charge in [0.1, 0.15) is 5.60 Å². The molecule has 106 valence electrons. The summed E-state index contributed by atoms with van der Waals surface area (Å²) in [6.45, 7) is 7.13. The fourth-order valence-corrected chi connectivity index (χ4v) is 2.05. The fourth-order valence-electron chi connectivity index (χ4n) is 2.05. The largest absolute Gasteiger partial charge is 0.478 e. The number of fused-ring (bicyclic) bond motifs is 1. The van der Waals surface area contributed by atoms with E-state index >= 15 is 0 Å². The zero-order valence-electron chi connectivity index (χ0n) is 11.9. The first-order valence-corrected chi connectivity index (χ1v) is 6.28. The third-order valence-electron chi connectivity index (χ3n) is 2.84. The Bertz CT molecular complexity index is 692. The molecule has 0 bridgehead atoms. The summed E-state index contributed by atoms with van der Waals surface area (Å²) < 4.78 is 5.37. The third kappa shape index (κ3) is 2.66. The Balaban J connectivity index is 2.57. The number of nitrogens with one attached hydrogen (secondary N) is 1. The summed E-state index contributed by atoms with van der Waals surface area (Å²) in [5, 5.41) is 9.61. The minimum atomic E-state index is -1.03. The van der Waals surface area contributed by atoms with E-state index in [1.165, 1.54) is 12.1 Å². The van der Waals surface area contributed by atoms with E-state index < -0.39 is 17.5 Å². The zero-order valence-corrected chi connectivity index (χ0v) is 11.9. The van der Waals surface area contributed by atoms with Gasteiger partial charge in [-0.2, -0.15) is 0 Å². The molecule has 5 heteroatoms. The average Bonchev–Trinajstić information content (AvgIpc) is 2.61. The number of esters is 1. The summed E-state index contributed by atoms with van der Waals surface area (Å²) in [4.78, 5) is 26.3. The SMILES string of the molecule is Cc1[nH]c2ccc(C(=O)O)cc2c1C(=O)OC(C)(C)C. The van der Waals surface area contributed by atoms with Crippen LogP contribution in [0.4, 0.5) is 0 Å². The van der Waals surface area contributed by atoms with E-state index in [1.807, 2.05) is 0 Å². The molecule has 0 saturated heterocycles. The number of ether oxygens (including phenoxy) is 1. The number of benzene rings is 1. The molecule has 20 heavy (non-hydrogen) atoms. The third-order valence-corrected chi connectivity index (χ3v) is 2.84. The second-order valence-electron chi connectivity index (χ2n) is 5.69. The lowest BCUT2D eigenvalue weighted by atomic mass is 10.1. The van der Waals surface area contributed by atoms with Crippen LogP contribution in [0, 0.1) is 6.92 Å². The Morgan fingerprint density at radius 1 is 1.25 bits per heavy atom. The summed E-state index contributed by atoms with van der Waals surface area (Å²) in [6.07, 6.45) is 0. The number of rotatable bonds is 2. The normalized spacial score (nSPS) is 11.6. The highest BCUT2D eigenvalue weighted by Crippen LogP contribution is 2.25. The molecule has 0 atom stereocenters. The number of carboxylic acid groups (broad SMARTS) is 1. The molecule has 0 aliphatic rings. The van der Waals surface area contributed by atoms with Crippen molar-refractivity contribution in [3.63, 3.8) is 0 Å². The standard InChI is InChI=1S/C15H17NO4/c1-8-12(14(19)20-15(2,3)4)10-7-9(13(17)18)5-6-11(10)16-8/h5-7,16H,1-4H3,(H,17,18). The van der Waals surface area contributed by atoms with E-state index in [0.717, 1.165) is 0 Å². The molecular weight excluding hydrogens is 258 g/mol. The van der Waals surface area contributed by atoms with Crippen LogP contribution in [0.1, 0.15) is 47.2 Å². The number of aryl methyl sites for hydroxylation is 1. The zero-order chi connectivity index (χ0) is 15.1. The molecule has 2 aromatic rings. The van der Waals surface area contributed by atoms with Crippen LogP contribution in [0.2, 0.25) is 0 Å². The second kappa shape index (κ2) is 4.67. The quantitative estimate of drug-likeness (QED) is 0.825. The lowest BCUT2D eigenvalue weighted by Crippen LogP contribution is -2.24. The highest BCUT2D eigenvalue weighted by molar-refractivity contribution is 6.07. The number of aromatic carboxylic acids is 1. The maximum absolute atomic E-state index is 12.2. The van der Waals surface area contributed by atoms with Crippen molar-refractivity contribution in [3.8, 4) is 0 Å². The van der Waals surface area contributed by atoms with Gasteiger partial charge in [0, 0.05) is 16.6 Å². The first-order chi connectivity index (χ1) is 9.19. The van der Waals surface area contributed by atoms with Crippen molar-refractivity contribution in [2.75, 3.05) is 0 Å². The summed E-state index contributed by atoms with van der Waals surface area (Å²) in [6, 6.07) is 4.64. The van der Waals surface area contributed by atoms with E-state index in [-0.39, 0.29) is 5.56 Å². The number of aromatic amines is 1. The number of H-pyrrole nitrogens is 1. The molecular formula is C15H17NO4. The Hall–Kier alpha value is -2.30. The Labute approximate surface area is 116 Å². The molecule has 1 aromatic carbocycles. The lowest BCUT2D eigenvalue weighted by Gasteiger charge is -2.19. The molecule has 0 amide bonds. The van der Waals surface area contributed by atoms with Gasteiger partial charge in [0.15, 0.2) is 0 Å². The van der Waals surface area contributed by atoms with Crippen LogP contribution in [0.25, 0.3) is 10.9 Å². The number of carbonyl (C=O) groups excluding carboxylic acids is 1.